The number of aryl methyl sites for hydroxylation is 2. The number of anilines is 2. The number of hydrogen-bond acceptors (Lipinski definition) is 5. The molecule has 0 spiro atoms. The molecule has 3 aromatic rings. The molecule has 0 radical (unpaired) electrons. The third kappa shape index (κ3) is 3.24. The van der Waals surface area contributed by atoms with E-state index in [1.807, 2.05) is 50.2 Å². The molecule has 1 aliphatic heterocycles. The van der Waals surface area contributed by atoms with E-state index in [0.29, 0.717) is 23.9 Å². The number of rotatable bonds is 4. The number of methoxy groups -OCH3 is 2. The molecule has 1 unspecified atom stereocenters. The number of aromatic nitrogens is 2. The number of benzene rings is 2. The van der Waals surface area contributed by atoms with Gasteiger partial charge >= 0.3 is 5.69 Å². The molecule has 6 nitrogen and oxygen atoms in total. The van der Waals surface area contributed by atoms with Gasteiger partial charge in [0.25, 0.3) is 0 Å². The molecule has 2 aromatic carbocycles. The zero-order valence-corrected chi connectivity index (χ0v) is 17.4. The summed E-state index contributed by atoms with van der Waals surface area (Å²) in [6, 6.07) is 12.0. The van der Waals surface area contributed by atoms with Crippen LogP contribution in [0.25, 0.3) is 11.3 Å². The van der Waals surface area contributed by atoms with Crippen molar-refractivity contribution in [2.75, 3.05) is 19.5 Å². The Kier molecular flexibility index (Phi) is 4.78. The van der Waals surface area contributed by atoms with Crippen LogP contribution in [0.15, 0.2) is 41.2 Å². The molecule has 0 aliphatic carbocycles. The number of hydrogen-bond donors (Lipinski definition) is 1. The second kappa shape index (κ2) is 7.28. The Labute approximate surface area is 170 Å². The molecule has 0 bridgehead atoms. The van der Waals surface area contributed by atoms with Gasteiger partial charge in [-0.1, -0.05) is 25.1 Å². The van der Waals surface area contributed by atoms with Crippen LogP contribution in [0.1, 0.15) is 29.5 Å². The standard InChI is InChI=1S/C23H25N3O3/c1-13-7-6-8-14(2)22(13)24-21-11-18-17-10-20(29-5)19(28-4)9-16(17)15(3)12-26(18)23(27)25-21/h6-11,15H,12H2,1-5H3,(H,24,25,27). The summed E-state index contributed by atoms with van der Waals surface area (Å²) < 4.78 is 12.7. The lowest BCUT2D eigenvalue weighted by Gasteiger charge is -2.28. The minimum atomic E-state index is -0.261. The van der Waals surface area contributed by atoms with Crippen LogP contribution >= 0.6 is 0 Å². The van der Waals surface area contributed by atoms with E-state index in [-0.39, 0.29) is 11.6 Å². The number of ether oxygens (including phenoxy) is 2. The van der Waals surface area contributed by atoms with E-state index in [0.717, 1.165) is 33.6 Å². The molecule has 0 fully saturated rings. The number of nitrogens with one attached hydrogen (secondary N) is 1. The Balaban J connectivity index is 1.87. The van der Waals surface area contributed by atoms with Gasteiger partial charge in [-0.25, -0.2) is 4.79 Å². The van der Waals surface area contributed by atoms with Crippen LogP contribution in [-0.2, 0) is 6.54 Å². The van der Waals surface area contributed by atoms with Gasteiger partial charge in [0.1, 0.15) is 5.82 Å². The minimum Gasteiger partial charge on any atom is -0.493 e. The lowest BCUT2D eigenvalue weighted by atomic mass is 9.89. The minimum absolute atomic E-state index is 0.161. The van der Waals surface area contributed by atoms with Gasteiger partial charge in [-0.2, -0.15) is 4.98 Å². The average Bonchev–Trinajstić information content (AvgIpc) is 2.71. The molecule has 150 valence electrons. The quantitative estimate of drug-likeness (QED) is 0.714. The summed E-state index contributed by atoms with van der Waals surface area (Å²) in [6.07, 6.45) is 0. The Morgan fingerprint density at radius 3 is 2.38 bits per heavy atom. The van der Waals surface area contributed by atoms with Crippen molar-refractivity contribution < 1.29 is 9.47 Å². The maximum absolute atomic E-state index is 12.8. The highest BCUT2D eigenvalue weighted by Crippen LogP contribution is 2.42. The molecule has 0 saturated carbocycles. The second-order valence-electron chi connectivity index (χ2n) is 7.51. The highest BCUT2D eigenvalue weighted by atomic mass is 16.5. The fourth-order valence-corrected chi connectivity index (χ4v) is 4.01. The van der Waals surface area contributed by atoms with Gasteiger partial charge in [0.15, 0.2) is 11.5 Å². The van der Waals surface area contributed by atoms with Gasteiger partial charge < -0.3 is 14.8 Å². The fourth-order valence-electron chi connectivity index (χ4n) is 4.01. The highest BCUT2D eigenvalue weighted by molar-refractivity contribution is 5.74. The van der Waals surface area contributed by atoms with Gasteiger partial charge in [-0.15, -0.1) is 0 Å². The van der Waals surface area contributed by atoms with E-state index >= 15 is 0 Å². The van der Waals surface area contributed by atoms with E-state index in [1.54, 1.807) is 18.8 Å². The maximum Gasteiger partial charge on any atom is 0.350 e. The summed E-state index contributed by atoms with van der Waals surface area (Å²) >= 11 is 0. The summed E-state index contributed by atoms with van der Waals surface area (Å²) in [6.45, 7) is 6.75. The average molecular weight is 391 g/mol. The summed E-state index contributed by atoms with van der Waals surface area (Å²) in [7, 11) is 3.25. The predicted octanol–water partition coefficient (Wildman–Crippen LogP) is 4.41. The maximum atomic E-state index is 12.8. The van der Waals surface area contributed by atoms with Crippen LogP contribution in [0.5, 0.6) is 11.5 Å². The van der Waals surface area contributed by atoms with Crippen molar-refractivity contribution in [1.82, 2.24) is 9.55 Å². The molecule has 1 aliphatic rings. The Morgan fingerprint density at radius 1 is 1.07 bits per heavy atom. The third-order valence-electron chi connectivity index (χ3n) is 5.56. The molecular formula is C23H25N3O3. The van der Waals surface area contributed by atoms with E-state index in [9.17, 15) is 4.79 Å². The Bertz CT molecular complexity index is 1130. The Morgan fingerprint density at radius 2 is 1.72 bits per heavy atom. The highest BCUT2D eigenvalue weighted by Gasteiger charge is 2.26. The lowest BCUT2D eigenvalue weighted by molar-refractivity contribution is 0.354. The van der Waals surface area contributed by atoms with Crippen LogP contribution in [0.3, 0.4) is 0 Å². The third-order valence-corrected chi connectivity index (χ3v) is 5.56. The molecular weight excluding hydrogens is 366 g/mol. The molecule has 1 atom stereocenters. The smallest absolute Gasteiger partial charge is 0.350 e. The molecule has 1 N–H and O–H groups in total. The van der Waals surface area contributed by atoms with Crippen molar-refractivity contribution in [2.24, 2.45) is 0 Å². The van der Waals surface area contributed by atoms with Crippen LogP contribution in [0, 0.1) is 13.8 Å². The Hall–Kier alpha value is -3.28. The SMILES string of the molecule is COc1cc2c(cc1OC)C(C)Cn1c-2cc(Nc2c(C)cccc2C)nc1=O. The van der Waals surface area contributed by atoms with Crippen molar-refractivity contribution in [2.45, 2.75) is 33.2 Å². The largest absolute Gasteiger partial charge is 0.493 e. The summed E-state index contributed by atoms with van der Waals surface area (Å²) in [5.74, 6) is 2.03. The van der Waals surface area contributed by atoms with Crippen molar-refractivity contribution in [3.8, 4) is 22.8 Å². The predicted molar refractivity (Wildman–Crippen MR) is 115 cm³/mol. The molecule has 0 amide bonds. The van der Waals surface area contributed by atoms with Gasteiger partial charge in [-0.3, -0.25) is 4.57 Å². The van der Waals surface area contributed by atoms with Gasteiger partial charge in [0.05, 0.1) is 19.9 Å². The normalized spacial score (nSPS) is 14.7. The van der Waals surface area contributed by atoms with E-state index in [4.69, 9.17) is 9.47 Å². The molecule has 6 heteroatoms. The zero-order valence-electron chi connectivity index (χ0n) is 17.4. The number of fused-ring (bicyclic) bond motifs is 3. The van der Waals surface area contributed by atoms with Crippen molar-refractivity contribution in [3.05, 3.63) is 63.6 Å². The number of nitrogens with zero attached hydrogens (tertiary/aromatic N) is 2. The first-order chi connectivity index (χ1) is 13.9. The molecule has 29 heavy (non-hydrogen) atoms. The topological polar surface area (TPSA) is 65.4 Å². The lowest BCUT2D eigenvalue weighted by Crippen LogP contribution is -2.30. The fraction of sp³-hybridized carbons (Fsp3) is 0.304. The van der Waals surface area contributed by atoms with Crippen LogP contribution in [-0.4, -0.2) is 23.8 Å². The van der Waals surface area contributed by atoms with E-state index in [2.05, 4.69) is 17.2 Å². The number of para-hydroxylation sites is 1. The van der Waals surface area contributed by atoms with Gasteiger partial charge in [0.2, 0.25) is 0 Å². The van der Waals surface area contributed by atoms with Crippen LogP contribution < -0.4 is 20.5 Å². The molecule has 0 saturated heterocycles. The first-order valence-corrected chi connectivity index (χ1v) is 9.64. The van der Waals surface area contributed by atoms with Crippen molar-refractivity contribution in [1.29, 1.82) is 0 Å². The van der Waals surface area contributed by atoms with Crippen molar-refractivity contribution >= 4 is 11.5 Å². The first-order valence-electron chi connectivity index (χ1n) is 9.64. The summed E-state index contributed by atoms with van der Waals surface area (Å²) in [5, 5.41) is 3.34. The van der Waals surface area contributed by atoms with Crippen LogP contribution in [0.2, 0.25) is 0 Å². The van der Waals surface area contributed by atoms with E-state index < -0.39 is 0 Å². The molecule has 4 rings (SSSR count). The molecule has 1 aromatic heterocycles. The van der Waals surface area contributed by atoms with Crippen molar-refractivity contribution in [3.63, 3.8) is 0 Å². The van der Waals surface area contributed by atoms with Crippen LogP contribution in [0.4, 0.5) is 11.5 Å². The second-order valence-corrected chi connectivity index (χ2v) is 7.51. The monoisotopic (exact) mass is 391 g/mol. The first kappa shape index (κ1) is 19.1. The van der Waals surface area contributed by atoms with E-state index in [1.165, 1.54) is 0 Å². The summed E-state index contributed by atoms with van der Waals surface area (Å²) in [4.78, 5) is 17.1. The molecule has 2 heterocycles. The summed E-state index contributed by atoms with van der Waals surface area (Å²) in [5.41, 5.74) is 5.84. The zero-order chi connectivity index (χ0) is 20.7. The van der Waals surface area contributed by atoms with Gasteiger partial charge in [-0.05, 0) is 42.7 Å². The van der Waals surface area contributed by atoms with Gasteiger partial charge in [0, 0.05) is 29.8 Å².